The number of hydrogen-bond donors (Lipinski definition) is 0. The minimum atomic E-state index is 0.429. The molecule has 5 heteroatoms. The second-order valence-corrected chi connectivity index (χ2v) is 8.93. The van der Waals surface area contributed by atoms with Gasteiger partial charge in [-0.25, -0.2) is 0 Å². The number of nitrogens with zero attached hydrogens (tertiary/aromatic N) is 3. The first-order valence-corrected chi connectivity index (χ1v) is 10.5. The highest BCUT2D eigenvalue weighted by Gasteiger charge is 2.47. The summed E-state index contributed by atoms with van der Waals surface area (Å²) in [5.41, 5.74) is 1.75. The van der Waals surface area contributed by atoms with E-state index in [9.17, 15) is 0 Å². The number of likely N-dealkylation sites (tertiary alicyclic amines) is 2. The lowest BCUT2D eigenvalue weighted by molar-refractivity contribution is 0.0350. The van der Waals surface area contributed by atoms with Crippen molar-refractivity contribution in [3.8, 4) is 0 Å². The van der Waals surface area contributed by atoms with E-state index >= 15 is 0 Å². The Hall–Kier alpha value is -1.27. The molecule has 1 spiro atoms. The average Bonchev–Trinajstić information content (AvgIpc) is 3.28. The Morgan fingerprint density at radius 1 is 1.19 bits per heavy atom. The quantitative estimate of drug-likeness (QED) is 0.777. The molecular weight excluding hydrogens is 342 g/mol. The molecule has 0 bridgehead atoms. The summed E-state index contributed by atoms with van der Waals surface area (Å²) in [4.78, 5) is 11.0. The smallest absolute Gasteiger partial charge is 0.0508 e. The number of aromatic nitrogens is 1. The second kappa shape index (κ2) is 8.17. The Bertz CT molecular complexity index is 668. The van der Waals surface area contributed by atoms with Crippen LogP contribution >= 0.6 is 11.3 Å². The van der Waals surface area contributed by atoms with E-state index in [0.717, 1.165) is 19.7 Å². The predicted octanol–water partition coefficient (Wildman–Crippen LogP) is 3.50. The van der Waals surface area contributed by atoms with E-state index in [0.29, 0.717) is 11.3 Å². The van der Waals surface area contributed by atoms with Gasteiger partial charge in [0.2, 0.25) is 0 Å². The molecule has 2 aliphatic rings. The van der Waals surface area contributed by atoms with Crippen LogP contribution in [0.1, 0.15) is 23.3 Å². The molecule has 1 unspecified atom stereocenters. The minimum Gasteiger partial charge on any atom is -0.384 e. The van der Waals surface area contributed by atoms with Crippen LogP contribution in [0.3, 0.4) is 0 Å². The molecule has 0 saturated carbocycles. The van der Waals surface area contributed by atoms with Crippen LogP contribution in [0.5, 0.6) is 0 Å². The van der Waals surface area contributed by atoms with E-state index in [2.05, 4.69) is 38.4 Å². The largest absolute Gasteiger partial charge is 0.384 e. The lowest BCUT2D eigenvalue weighted by Crippen LogP contribution is -2.44. The third-order valence-electron chi connectivity index (χ3n) is 6.19. The number of methoxy groups -OCH3 is 1. The highest BCUT2D eigenvalue weighted by atomic mass is 32.1. The summed E-state index contributed by atoms with van der Waals surface area (Å²) in [6.45, 7) is 7.78. The molecule has 0 aromatic carbocycles. The third-order valence-corrected chi connectivity index (χ3v) is 7.05. The summed E-state index contributed by atoms with van der Waals surface area (Å²) in [6, 6.07) is 8.64. The molecule has 2 saturated heterocycles. The number of rotatable bonds is 6. The summed E-state index contributed by atoms with van der Waals surface area (Å²) >= 11 is 1.87. The van der Waals surface area contributed by atoms with Crippen molar-refractivity contribution in [2.45, 2.75) is 25.9 Å². The first-order valence-electron chi connectivity index (χ1n) is 9.62. The van der Waals surface area contributed by atoms with Crippen molar-refractivity contribution < 1.29 is 4.74 Å². The van der Waals surface area contributed by atoms with Crippen molar-refractivity contribution in [1.82, 2.24) is 14.8 Å². The Morgan fingerprint density at radius 2 is 2.08 bits per heavy atom. The highest BCUT2D eigenvalue weighted by molar-refractivity contribution is 7.09. The maximum absolute atomic E-state index is 5.61. The second-order valence-electron chi connectivity index (χ2n) is 7.90. The van der Waals surface area contributed by atoms with Gasteiger partial charge in [-0.2, -0.15) is 0 Å². The Kier molecular flexibility index (Phi) is 5.69. The van der Waals surface area contributed by atoms with Gasteiger partial charge in [-0.15, -0.1) is 11.3 Å². The van der Waals surface area contributed by atoms with E-state index in [1.54, 1.807) is 0 Å². The van der Waals surface area contributed by atoms with Crippen molar-refractivity contribution >= 4 is 11.3 Å². The number of ether oxygens (including phenoxy) is 1. The van der Waals surface area contributed by atoms with E-state index in [1.165, 1.54) is 49.5 Å². The molecule has 0 amide bonds. The van der Waals surface area contributed by atoms with Crippen LogP contribution in [0.4, 0.5) is 0 Å². The third kappa shape index (κ3) is 4.01. The zero-order chi connectivity index (χ0) is 17.8. The van der Waals surface area contributed by atoms with Gasteiger partial charge in [0.25, 0.3) is 0 Å². The summed E-state index contributed by atoms with van der Waals surface area (Å²) in [5, 5.41) is 2.19. The molecule has 2 aromatic rings. The molecule has 4 nitrogen and oxygen atoms in total. The molecule has 1 atom stereocenters. The van der Waals surface area contributed by atoms with Crippen LogP contribution in [-0.4, -0.2) is 54.7 Å². The van der Waals surface area contributed by atoms with Crippen LogP contribution in [0.25, 0.3) is 0 Å². The van der Waals surface area contributed by atoms with Gasteiger partial charge in [-0.3, -0.25) is 14.8 Å². The van der Waals surface area contributed by atoms with Crippen molar-refractivity contribution in [3.05, 3.63) is 52.5 Å². The molecule has 2 fully saturated rings. The summed E-state index contributed by atoms with van der Waals surface area (Å²) in [6.07, 6.45) is 6.41. The SMILES string of the molecule is COCC1CN(Cc2cccs2)CC12CCN(Cc1cccnc1)CC2. The zero-order valence-corrected chi connectivity index (χ0v) is 16.5. The fourth-order valence-corrected chi connectivity index (χ4v) is 5.54. The molecule has 2 aliphatic heterocycles. The van der Waals surface area contributed by atoms with Crippen LogP contribution in [0.15, 0.2) is 42.0 Å². The highest BCUT2D eigenvalue weighted by Crippen LogP contribution is 2.45. The maximum atomic E-state index is 5.61. The van der Waals surface area contributed by atoms with Crippen molar-refractivity contribution in [2.24, 2.45) is 11.3 Å². The summed E-state index contributed by atoms with van der Waals surface area (Å²) in [7, 11) is 1.85. The molecule has 4 heterocycles. The normalized spacial score (nSPS) is 23.7. The van der Waals surface area contributed by atoms with Gasteiger partial charge < -0.3 is 4.74 Å². The minimum absolute atomic E-state index is 0.429. The lowest BCUT2D eigenvalue weighted by Gasteiger charge is -2.42. The zero-order valence-electron chi connectivity index (χ0n) is 15.6. The van der Waals surface area contributed by atoms with E-state index in [4.69, 9.17) is 4.74 Å². The summed E-state index contributed by atoms with van der Waals surface area (Å²) in [5.74, 6) is 0.660. The van der Waals surface area contributed by atoms with Crippen molar-refractivity contribution in [1.29, 1.82) is 0 Å². The van der Waals surface area contributed by atoms with Gasteiger partial charge in [0, 0.05) is 56.5 Å². The van der Waals surface area contributed by atoms with E-state index in [-0.39, 0.29) is 0 Å². The molecule has 26 heavy (non-hydrogen) atoms. The molecule has 0 N–H and O–H groups in total. The Morgan fingerprint density at radius 3 is 2.77 bits per heavy atom. The predicted molar refractivity (Wildman–Crippen MR) is 106 cm³/mol. The number of pyridine rings is 1. The van der Waals surface area contributed by atoms with Crippen LogP contribution in [0.2, 0.25) is 0 Å². The standard InChI is InChI=1S/C21H29N3OS/c1-25-16-19-14-24(15-20-5-3-11-26-20)17-21(19)6-9-23(10-7-21)13-18-4-2-8-22-12-18/h2-5,8,11-12,19H,6-7,9-10,13-17H2,1H3. The topological polar surface area (TPSA) is 28.6 Å². The molecule has 4 rings (SSSR count). The number of thiophene rings is 1. The van der Waals surface area contributed by atoms with Crippen LogP contribution in [0, 0.1) is 11.3 Å². The monoisotopic (exact) mass is 371 g/mol. The van der Waals surface area contributed by atoms with Gasteiger partial charge in [0.1, 0.15) is 0 Å². The van der Waals surface area contributed by atoms with Gasteiger partial charge in [0.05, 0.1) is 6.61 Å². The van der Waals surface area contributed by atoms with Gasteiger partial charge in [-0.05, 0) is 54.4 Å². The first-order chi connectivity index (χ1) is 12.8. The summed E-state index contributed by atoms with van der Waals surface area (Å²) < 4.78 is 5.61. The molecular formula is C21H29N3OS. The molecule has 2 aromatic heterocycles. The fourth-order valence-electron chi connectivity index (χ4n) is 4.79. The molecule has 140 valence electrons. The Balaban J connectivity index is 1.38. The lowest BCUT2D eigenvalue weighted by atomic mass is 9.71. The van der Waals surface area contributed by atoms with Crippen LogP contribution in [-0.2, 0) is 17.8 Å². The average molecular weight is 372 g/mol. The first kappa shape index (κ1) is 18.1. The Labute approximate surface area is 160 Å². The van der Waals surface area contributed by atoms with Gasteiger partial charge in [0.15, 0.2) is 0 Å². The van der Waals surface area contributed by atoms with E-state index < -0.39 is 0 Å². The maximum Gasteiger partial charge on any atom is 0.0508 e. The van der Waals surface area contributed by atoms with Crippen molar-refractivity contribution in [2.75, 3.05) is 39.9 Å². The van der Waals surface area contributed by atoms with Gasteiger partial charge in [-0.1, -0.05) is 12.1 Å². The van der Waals surface area contributed by atoms with Gasteiger partial charge >= 0.3 is 0 Å². The van der Waals surface area contributed by atoms with Crippen molar-refractivity contribution in [3.63, 3.8) is 0 Å². The molecule has 0 radical (unpaired) electrons. The van der Waals surface area contributed by atoms with E-state index in [1.807, 2.05) is 36.9 Å². The molecule has 0 aliphatic carbocycles. The number of hydrogen-bond acceptors (Lipinski definition) is 5. The van der Waals surface area contributed by atoms with Crippen LogP contribution < -0.4 is 0 Å². The number of piperidine rings is 1. The fraction of sp³-hybridized carbons (Fsp3) is 0.571.